The molecule has 6 heteroatoms. The Balaban J connectivity index is 1.65. The van der Waals surface area contributed by atoms with Gasteiger partial charge in [-0.25, -0.2) is 4.99 Å². The minimum atomic E-state index is 0.0119. The lowest BCUT2D eigenvalue weighted by Gasteiger charge is -2.47. The third-order valence-corrected chi connectivity index (χ3v) is 7.63. The Labute approximate surface area is 207 Å². The van der Waals surface area contributed by atoms with Crippen LogP contribution in [0.15, 0.2) is 58.4 Å². The zero-order valence-corrected chi connectivity index (χ0v) is 21.7. The van der Waals surface area contributed by atoms with Gasteiger partial charge in [0.1, 0.15) is 0 Å². The molecule has 2 aliphatic heterocycles. The lowest BCUT2D eigenvalue weighted by atomic mass is 9.79. The van der Waals surface area contributed by atoms with E-state index >= 15 is 0 Å². The molecule has 1 atom stereocenters. The first kappa shape index (κ1) is 24.6. The molecule has 1 fully saturated rings. The second-order valence-corrected chi connectivity index (χ2v) is 10.6. The van der Waals surface area contributed by atoms with Crippen LogP contribution in [0.25, 0.3) is 6.08 Å². The van der Waals surface area contributed by atoms with Gasteiger partial charge >= 0.3 is 0 Å². The van der Waals surface area contributed by atoms with Crippen LogP contribution in [0, 0.1) is 0 Å². The summed E-state index contributed by atoms with van der Waals surface area (Å²) < 4.78 is 5.21. The number of aliphatic imine (C=N–C) groups is 1. The number of hydrogen-bond donors (Lipinski definition) is 0. The summed E-state index contributed by atoms with van der Waals surface area (Å²) in [6, 6.07) is 16.4. The summed E-state index contributed by atoms with van der Waals surface area (Å²) in [6.45, 7) is 11.4. The molecule has 2 aromatic carbocycles. The highest BCUT2D eigenvalue weighted by Crippen LogP contribution is 2.44. The molecule has 1 saturated heterocycles. The number of benzene rings is 2. The van der Waals surface area contributed by atoms with E-state index in [4.69, 9.17) is 9.73 Å². The van der Waals surface area contributed by atoms with E-state index in [2.05, 4.69) is 50.8 Å². The zero-order chi connectivity index (χ0) is 24.3. The molecule has 2 heterocycles. The molecule has 4 rings (SSSR count). The van der Waals surface area contributed by atoms with Gasteiger partial charge in [0, 0.05) is 38.0 Å². The summed E-state index contributed by atoms with van der Waals surface area (Å²) in [5, 5.41) is 0.726. The fraction of sp³-hybridized carbons (Fsp3) is 0.429. The molecule has 0 N–H and O–H groups in total. The van der Waals surface area contributed by atoms with E-state index in [1.165, 1.54) is 23.0 Å². The van der Waals surface area contributed by atoms with Crippen molar-refractivity contribution in [3.05, 3.63) is 64.6 Å². The fourth-order valence-corrected chi connectivity index (χ4v) is 6.14. The average Bonchev–Trinajstić information content (AvgIpc) is 3.09. The number of methoxy groups -OCH3 is 1. The monoisotopic (exact) mass is 477 g/mol. The highest BCUT2D eigenvalue weighted by Gasteiger charge is 2.36. The van der Waals surface area contributed by atoms with Crippen LogP contribution in [-0.2, 0) is 9.53 Å². The summed E-state index contributed by atoms with van der Waals surface area (Å²) in [5.74, 6) is 0.483. The van der Waals surface area contributed by atoms with Crippen LogP contribution >= 0.6 is 11.8 Å². The molecule has 0 saturated carbocycles. The van der Waals surface area contributed by atoms with Gasteiger partial charge in [0.15, 0.2) is 5.17 Å². The van der Waals surface area contributed by atoms with Crippen molar-refractivity contribution in [3.8, 4) is 0 Å². The number of amides is 1. The van der Waals surface area contributed by atoms with E-state index in [9.17, 15) is 4.79 Å². The van der Waals surface area contributed by atoms with E-state index in [0.717, 1.165) is 35.8 Å². The third kappa shape index (κ3) is 5.08. The van der Waals surface area contributed by atoms with Crippen molar-refractivity contribution in [1.29, 1.82) is 0 Å². The van der Waals surface area contributed by atoms with E-state index < -0.39 is 0 Å². The molecular weight excluding hydrogens is 442 g/mol. The molecule has 5 nitrogen and oxygen atoms in total. The molecule has 0 aromatic heterocycles. The molecule has 0 bridgehead atoms. The van der Waals surface area contributed by atoms with Gasteiger partial charge in [-0.2, -0.15) is 0 Å². The van der Waals surface area contributed by atoms with Gasteiger partial charge in [-0.1, -0.05) is 31.2 Å². The maximum absolute atomic E-state index is 13.3. The van der Waals surface area contributed by atoms with Crippen molar-refractivity contribution in [2.75, 3.05) is 31.7 Å². The molecule has 0 spiro atoms. The summed E-state index contributed by atoms with van der Waals surface area (Å²) >= 11 is 1.45. The molecule has 34 heavy (non-hydrogen) atoms. The number of nitrogens with zero attached hydrogens (tertiary/aromatic N) is 3. The van der Waals surface area contributed by atoms with Crippen molar-refractivity contribution < 1.29 is 9.53 Å². The van der Waals surface area contributed by atoms with Gasteiger partial charge in [-0.15, -0.1) is 0 Å². The van der Waals surface area contributed by atoms with E-state index in [1.54, 1.807) is 12.0 Å². The molecule has 1 amide bonds. The number of hydrogen-bond acceptors (Lipinski definition) is 5. The smallest absolute Gasteiger partial charge is 0.266 e. The van der Waals surface area contributed by atoms with Crippen LogP contribution in [0.4, 0.5) is 11.4 Å². The number of carbonyl (C=O) groups excluding carboxylic acids is 1. The summed E-state index contributed by atoms with van der Waals surface area (Å²) in [4.78, 5) is 23.1. The molecule has 2 aromatic rings. The lowest BCUT2D eigenvalue weighted by molar-refractivity contribution is -0.122. The predicted molar refractivity (Wildman–Crippen MR) is 144 cm³/mol. The highest BCUT2D eigenvalue weighted by atomic mass is 32.2. The van der Waals surface area contributed by atoms with Crippen molar-refractivity contribution in [3.63, 3.8) is 0 Å². The summed E-state index contributed by atoms with van der Waals surface area (Å²) in [5.41, 5.74) is 4.73. The molecule has 2 aliphatic rings. The Hall–Kier alpha value is -2.57. The zero-order valence-electron chi connectivity index (χ0n) is 20.9. The highest BCUT2D eigenvalue weighted by molar-refractivity contribution is 8.18. The Bertz CT molecular complexity index is 1090. The maximum atomic E-state index is 13.3. The first-order valence-electron chi connectivity index (χ1n) is 12.1. The lowest BCUT2D eigenvalue weighted by Crippen LogP contribution is -2.48. The van der Waals surface area contributed by atoms with Crippen LogP contribution in [0.3, 0.4) is 0 Å². The largest absolute Gasteiger partial charge is 0.385 e. The number of thioether (sulfide) groups is 1. The van der Waals surface area contributed by atoms with Crippen LogP contribution in [-0.4, -0.2) is 48.3 Å². The fourth-order valence-electron chi connectivity index (χ4n) is 5.12. The molecule has 0 unspecified atom stereocenters. The number of carbonyl (C=O) groups is 1. The van der Waals surface area contributed by atoms with Gasteiger partial charge < -0.3 is 9.64 Å². The number of rotatable bonds is 7. The number of ether oxygens (including phenoxy) is 1. The van der Waals surface area contributed by atoms with E-state index in [0.29, 0.717) is 24.0 Å². The van der Waals surface area contributed by atoms with Crippen LogP contribution < -0.4 is 4.90 Å². The Kier molecular flexibility index (Phi) is 7.48. The van der Waals surface area contributed by atoms with Gasteiger partial charge in [0.2, 0.25) is 0 Å². The van der Waals surface area contributed by atoms with Gasteiger partial charge in [0.25, 0.3) is 5.91 Å². The van der Waals surface area contributed by atoms with Gasteiger partial charge in [0.05, 0.1) is 10.6 Å². The normalized spacial score (nSPS) is 22.0. The molecular formula is C28H35N3O2S. The molecule has 0 aliphatic carbocycles. The van der Waals surface area contributed by atoms with Crippen LogP contribution in [0.2, 0.25) is 0 Å². The minimum Gasteiger partial charge on any atom is -0.385 e. The topological polar surface area (TPSA) is 45.1 Å². The van der Waals surface area contributed by atoms with Crippen molar-refractivity contribution in [2.45, 2.75) is 52.0 Å². The Morgan fingerprint density at radius 1 is 1.21 bits per heavy atom. The number of anilines is 1. The molecule has 0 radical (unpaired) electrons. The predicted octanol–water partition coefficient (Wildman–Crippen LogP) is 6.44. The van der Waals surface area contributed by atoms with Crippen molar-refractivity contribution >= 4 is 40.3 Å². The van der Waals surface area contributed by atoms with Crippen molar-refractivity contribution in [2.24, 2.45) is 4.99 Å². The number of para-hydroxylation sites is 1. The summed E-state index contributed by atoms with van der Waals surface area (Å²) in [7, 11) is 1.68. The number of fused-ring (bicyclic) bond motifs is 1. The van der Waals surface area contributed by atoms with Crippen LogP contribution in [0.5, 0.6) is 0 Å². The second-order valence-electron chi connectivity index (χ2n) is 9.62. The Morgan fingerprint density at radius 3 is 2.68 bits per heavy atom. The quantitative estimate of drug-likeness (QED) is 0.340. The summed E-state index contributed by atoms with van der Waals surface area (Å²) in [6.07, 6.45) is 3.90. The minimum absolute atomic E-state index is 0.0119. The average molecular weight is 478 g/mol. The van der Waals surface area contributed by atoms with Gasteiger partial charge in [-0.05, 0) is 92.8 Å². The van der Waals surface area contributed by atoms with Gasteiger partial charge in [-0.3, -0.25) is 9.69 Å². The third-order valence-electron chi connectivity index (χ3n) is 6.62. The first-order valence-corrected chi connectivity index (χ1v) is 12.9. The number of amidine groups is 1. The van der Waals surface area contributed by atoms with E-state index in [1.807, 2.05) is 36.4 Å². The maximum Gasteiger partial charge on any atom is 0.266 e. The SMILES string of the molecule is CCN1c2ccc(/C=C3\SC(=Nc4ccccc4)N(CCCOC)C3=O)cc2[C@H](C)CC1(C)C. The van der Waals surface area contributed by atoms with Crippen molar-refractivity contribution in [1.82, 2.24) is 4.90 Å². The Morgan fingerprint density at radius 2 is 1.97 bits per heavy atom. The molecule has 180 valence electrons. The van der Waals surface area contributed by atoms with Crippen LogP contribution in [0.1, 0.15) is 57.6 Å². The second kappa shape index (κ2) is 10.4. The first-order chi connectivity index (χ1) is 16.3. The van der Waals surface area contributed by atoms with E-state index in [-0.39, 0.29) is 11.4 Å². The standard InChI is InChI=1S/C28H35N3O2S/c1-6-31-24-14-13-21(17-23(24)20(2)19-28(31,3)4)18-25-26(32)30(15-10-16-33-5)27(34-25)29-22-11-8-7-9-12-22/h7-9,11-14,17-18,20H,6,10,15-16,19H2,1-5H3/b25-18-,29-27?/t20-/m1/s1.